The number of anilines is 2. The zero-order valence-corrected chi connectivity index (χ0v) is 13.8. The number of nitrogens with zero attached hydrogens (tertiary/aromatic N) is 3. The minimum Gasteiger partial charge on any atom is -0.465 e. The van der Waals surface area contributed by atoms with Crippen LogP contribution in [0.25, 0.3) is 0 Å². The predicted molar refractivity (Wildman–Crippen MR) is 89.8 cm³/mol. The van der Waals surface area contributed by atoms with Crippen molar-refractivity contribution in [2.75, 3.05) is 38.7 Å². The van der Waals surface area contributed by atoms with Gasteiger partial charge in [0.15, 0.2) is 0 Å². The molecule has 1 aliphatic heterocycles. The van der Waals surface area contributed by atoms with Crippen molar-refractivity contribution in [2.45, 2.75) is 0 Å². The molecule has 25 heavy (non-hydrogen) atoms. The summed E-state index contributed by atoms with van der Waals surface area (Å²) in [4.78, 5) is 34.2. The lowest BCUT2D eigenvalue weighted by atomic mass is 10.2. The van der Waals surface area contributed by atoms with Gasteiger partial charge in [-0.15, -0.1) is 0 Å². The Morgan fingerprint density at radius 1 is 1.24 bits per heavy atom. The van der Waals surface area contributed by atoms with E-state index in [-0.39, 0.29) is 11.9 Å². The highest BCUT2D eigenvalue weighted by molar-refractivity contribution is 5.93. The van der Waals surface area contributed by atoms with Crippen molar-refractivity contribution >= 4 is 23.5 Å². The van der Waals surface area contributed by atoms with Crippen LogP contribution in [0.5, 0.6) is 0 Å². The first-order valence-corrected chi connectivity index (χ1v) is 7.83. The summed E-state index contributed by atoms with van der Waals surface area (Å²) in [6.45, 7) is 2.16. The highest BCUT2D eigenvalue weighted by atomic mass is 16.5. The number of hydrogen-bond donors (Lipinski definition) is 1. The van der Waals surface area contributed by atoms with Crippen LogP contribution in [0.4, 0.5) is 11.6 Å². The third-order valence-corrected chi connectivity index (χ3v) is 3.71. The standard InChI is InChI=1S/C17H18N4O4/c1-24-16(23)12-3-2-4-13(11-12)19-17-18-6-5-14(20-17)15(22)21-7-9-25-10-8-21/h2-6,11H,7-10H2,1H3,(H,18,19,20). The van der Waals surface area contributed by atoms with Crippen molar-refractivity contribution in [3.8, 4) is 0 Å². The fraction of sp³-hybridized carbons (Fsp3) is 0.294. The number of ether oxygens (including phenoxy) is 2. The van der Waals surface area contributed by atoms with Crippen LogP contribution < -0.4 is 5.32 Å². The number of aromatic nitrogens is 2. The second-order valence-corrected chi connectivity index (χ2v) is 5.37. The second-order valence-electron chi connectivity index (χ2n) is 5.37. The van der Waals surface area contributed by atoms with Crippen LogP contribution >= 0.6 is 0 Å². The molecule has 1 aliphatic rings. The van der Waals surface area contributed by atoms with E-state index in [0.717, 1.165) is 0 Å². The molecule has 1 saturated heterocycles. The van der Waals surface area contributed by atoms with Crippen LogP contribution in [-0.2, 0) is 9.47 Å². The Kier molecular flexibility index (Phi) is 5.20. The number of benzene rings is 1. The molecule has 3 rings (SSSR count). The van der Waals surface area contributed by atoms with E-state index >= 15 is 0 Å². The summed E-state index contributed by atoms with van der Waals surface area (Å²) >= 11 is 0. The molecule has 0 radical (unpaired) electrons. The van der Waals surface area contributed by atoms with Gasteiger partial charge in [0.25, 0.3) is 5.91 Å². The molecule has 0 bridgehead atoms. The van der Waals surface area contributed by atoms with Crippen LogP contribution in [0.15, 0.2) is 36.5 Å². The highest BCUT2D eigenvalue weighted by Crippen LogP contribution is 2.16. The second kappa shape index (κ2) is 7.71. The molecule has 1 aromatic heterocycles. The van der Waals surface area contributed by atoms with Crippen molar-refractivity contribution in [1.82, 2.24) is 14.9 Å². The number of hydrogen-bond acceptors (Lipinski definition) is 7. The van der Waals surface area contributed by atoms with E-state index in [9.17, 15) is 9.59 Å². The highest BCUT2D eigenvalue weighted by Gasteiger charge is 2.20. The van der Waals surface area contributed by atoms with Crippen molar-refractivity contribution in [2.24, 2.45) is 0 Å². The fourth-order valence-corrected chi connectivity index (χ4v) is 2.44. The van der Waals surface area contributed by atoms with Gasteiger partial charge >= 0.3 is 5.97 Å². The predicted octanol–water partition coefficient (Wildman–Crippen LogP) is 1.48. The van der Waals surface area contributed by atoms with Crippen LogP contribution in [0.2, 0.25) is 0 Å². The quantitative estimate of drug-likeness (QED) is 0.841. The summed E-state index contributed by atoms with van der Waals surface area (Å²) in [7, 11) is 1.33. The first kappa shape index (κ1) is 16.8. The Labute approximate surface area is 144 Å². The molecule has 1 amide bonds. The molecule has 0 spiro atoms. The van der Waals surface area contributed by atoms with Crippen LogP contribution in [0.3, 0.4) is 0 Å². The molecule has 130 valence electrons. The largest absolute Gasteiger partial charge is 0.465 e. The minimum absolute atomic E-state index is 0.155. The van der Waals surface area contributed by atoms with E-state index in [1.165, 1.54) is 13.3 Å². The lowest BCUT2D eigenvalue weighted by Crippen LogP contribution is -2.41. The van der Waals surface area contributed by atoms with Crippen molar-refractivity contribution < 1.29 is 19.1 Å². The van der Waals surface area contributed by atoms with Gasteiger partial charge in [0.05, 0.1) is 25.9 Å². The van der Waals surface area contributed by atoms with Gasteiger partial charge < -0.3 is 19.7 Å². The number of amides is 1. The maximum Gasteiger partial charge on any atom is 0.337 e. The molecule has 8 nitrogen and oxygen atoms in total. The maximum atomic E-state index is 12.5. The van der Waals surface area contributed by atoms with Gasteiger partial charge in [-0.3, -0.25) is 4.79 Å². The van der Waals surface area contributed by atoms with E-state index in [1.807, 2.05) is 0 Å². The summed E-state index contributed by atoms with van der Waals surface area (Å²) in [5, 5.41) is 3.00. The van der Waals surface area contributed by atoms with Gasteiger partial charge in [-0.05, 0) is 24.3 Å². The van der Waals surface area contributed by atoms with Gasteiger partial charge in [0.1, 0.15) is 5.69 Å². The molecule has 8 heteroatoms. The monoisotopic (exact) mass is 342 g/mol. The zero-order chi connectivity index (χ0) is 17.6. The number of rotatable bonds is 4. The topological polar surface area (TPSA) is 93.6 Å². The van der Waals surface area contributed by atoms with Crippen molar-refractivity contribution in [1.29, 1.82) is 0 Å². The van der Waals surface area contributed by atoms with E-state index < -0.39 is 5.97 Å². The molecular weight excluding hydrogens is 324 g/mol. The van der Waals surface area contributed by atoms with Gasteiger partial charge in [-0.1, -0.05) is 6.07 Å². The molecule has 1 aromatic carbocycles. The Hall–Kier alpha value is -3.00. The lowest BCUT2D eigenvalue weighted by Gasteiger charge is -2.26. The molecule has 0 atom stereocenters. The van der Waals surface area contributed by atoms with Crippen molar-refractivity contribution in [3.05, 3.63) is 47.8 Å². The minimum atomic E-state index is -0.430. The molecule has 2 heterocycles. The number of nitrogens with one attached hydrogen (secondary N) is 1. The number of morpholine rings is 1. The van der Waals surface area contributed by atoms with Crippen LogP contribution in [-0.4, -0.2) is 60.2 Å². The first-order chi connectivity index (χ1) is 12.2. The number of methoxy groups -OCH3 is 1. The average Bonchev–Trinajstić information content (AvgIpc) is 2.68. The van der Waals surface area contributed by atoms with Crippen molar-refractivity contribution in [3.63, 3.8) is 0 Å². The fourth-order valence-electron chi connectivity index (χ4n) is 2.44. The Morgan fingerprint density at radius 3 is 2.80 bits per heavy atom. The summed E-state index contributed by atoms with van der Waals surface area (Å²) in [5.74, 6) is -0.306. The van der Waals surface area contributed by atoms with Gasteiger partial charge in [-0.25, -0.2) is 14.8 Å². The smallest absolute Gasteiger partial charge is 0.337 e. The normalized spacial score (nSPS) is 14.0. The lowest BCUT2D eigenvalue weighted by molar-refractivity contribution is 0.0299. The van der Waals surface area contributed by atoms with E-state index in [1.54, 1.807) is 35.2 Å². The molecular formula is C17H18N4O4. The van der Waals surface area contributed by atoms with Gasteiger partial charge in [0, 0.05) is 25.0 Å². The average molecular weight is 342 g/mol. The summed E-state index contributed by atoms with van der Waals surface area (Å²) < 4.78 is 9.95. The molecule has 1 fully saturated rings. The molecule has 0 saturated carbocycles. The Balaban J connectivity index is 1.75. The van der Waals surface area contributed by atoms with E-state index in [2.05, 4.69) is 15.3 Å². The third kappa shape index (κ3) is 4.10. The number of carbonyl (C=O) groups is 2. The summed E-state index contributed by atoms with van der Waals surface area (Å²) in [6.07, 6.45) is 1.52. The summed E-state index contributed by atoms with van der Waals surface area (Å²) in [6, 6.07) is 8.35. The zero-order valence-electron chi connectivity index (χ0n) is 13.8. The SMILES string of the molecule is COC(=O)c1cccc(Nc2nccc(C(=O)N3CCOCC3)n2)c1. The van der Waals surface area contributed by atoms with Crippen LogP contribution in [0.1, 0.15) is 20.8 Å². The number of esters is 1. The summed E-state index contributed by atoms with van der Waals surface area (Å²) in [5.41, 5.74) is 1.34. The van der Waals surface area contributed by atoms with E-state index in [4.69, 9.17) is 9.47 Å². The number of carbonyl (C=O) groups excluding carboxylic acids is 2. The Morgan fingerprint density at radius 2 is 2.04 bits per heavy atom. The first-order valence-electron chi connectivity index (χ1n) is 7.83. The van der Waals surface area contributed by atoms with Gasteiger partial charge in [0.2, 0.25) is 5.95 Å². The van der Waals surface area contributed by atoms with Gasteiger partial charge in [-0.2, -0.15) is 0 Å². The Bertz CT molecular complexity index is 775. The maximum absolute atomic E-state index is 12.5. The molecule has 2 aromatic rings. The third-order valence-electron chi connectivity index (χ3n) is 3.71. The van der Waals surface area contributed by atoms with E-state index in [0.29, 0.717) is 43.2 Å². The molecule has 0 unspecified atom stereocenters. The van der Waals surface area contributed by atoms with Crippen LogP contribution in [0, 0.1) is 0 Å². The molecule has 1 N–H and O–H groups in total. The molecule has 0 aliphatic carbocycles.